The number of methoxy groups -OCH3 is 1. The van der Waals surface area contributed by atoms with Crippen LogP contribution in [0.4, 0.5) is 0 Å². The van der Waals surface area contributed by atoms with Gasteiger partial charge in [0.25, 0.3) is 0 Å². The Hall–Kier alpha value is -0.200. The van der Waals surface area contributed by atoms with Gasteiger partial charge in [0.05, 0.1) is 38.6 Å². The molecule has 0 radical (unpaired) electrons. The van der Waals surface area contributed by atoms with Gasteiger partial charge in [-0.2, -0.15) is 0 Å². The molecule has 0 aliphatic carbocycles. The lowest BCUT2D eigenvalue weighted by Gasteiger charge is -2.23. The molecule has 0 heterocycles. The highest BCUT2D eigenvalue weighted by Gasteiger charge is 2.14. The fraction of sp³-hybridized carbons (Fsp3) is 1.00. The van der Waals surface area contributed by atoms with E-state index < -0.39 is 6.10 Å². The maximum atomic E-state index is 9.79. The lowest BCUT2D eigenvalue weighted by Crippen LogP contribution is -2.42. The molecule has 0 bridgehead atoms. The number of aliphatic hydroxyl groups excluding tert-OH is 1. The first-order valence-corrected chi connectivity index (χ1v) is 7.07. The Morgan fingerprint density at radius 1 is 1.05 bits per heavy atom. The van der Waals surface area contributed by atoms with Crippen LogP contribution in [0.1, 0.15) is 27.7 Å². The quantitative estimate of drug-likeness (QED) is 0.522. The van der Waals surface area contributed by atoms with Crippen molar-refractivity contribution in [2.24, 2.45) is 5.92 Å². The minimum Gasteiger partial charge on any atom is -0.389 e. The van der Waals surface area contributed by atoms with Crippen molar-refractivity contribution in [1.82, 2.24) is 5.32 Å². The minimum atomic E-state index is -0.503. The summed E-state index contributed by atoms with van der Waals surface area (Å²) in [6.07, 6.45) is -0.284. The van der Waals surface area contributed by atoms with E-state index in [0.29, 0.717) is 38.9 Å². The van der Waals surface area contributed by atoms with E-state index in [1.165, 1.54) is 0 Å². The first-order chi connectivity index (χ1) is 8.97. The van der Waals surface area contributed by atoms with Crippen LogP contribution in [0.15, 0.2) is 0 Å². The molecule has 0 aromatic carbocycles. The zero-order chi connectivity index (χ0) is 14.7. The van der Waals surface area contributed by atoms with Gasteiger partial charge in [0.1, 0.15) is 0 Å². The summed E-state index contributed by atoms with van der Waals surface area (Å²) in [4.78, 5) is 0. The number of hydrogen-bond acceptors (Lipinski definition) is 5. The topological polar surface area (TPSA) is 60.0 Å². The molecule has 2 atom stereocenters. The molecule has 5 nitrogen and oxygen atoms in total. The van der Waals surface area contributed by atoms with E-state index in [2.05, 4.69) is 19.2 Å². The Balaban J connectivity index is 3.59. The summed E-state index contributed by atoms with van der Waals surface area (Å²) in [6.45, 7) is 10.8. The van der Waals surface area contributed by atoms with Crippen molar-refractivity contribution in [2.45, 2.75) is 45.9 Å². The SMILES string of the molecule is COCC(NCC(O)COCCOC(C)C)C(C)C. The molecular weight excluding hydrogens is 246 g/mol. The molecule has 0 rings (SSSR count). The Morgan fingerprint density at radius 3 is 2.26 bits per heavy atom. The van der Waals surface area contributed by atoms with E-state index in [1.807, 2.05) is 13.8 Å². The second-order valence-corrected chi connectivity index (χ2v) is 5.36. The fourth-order valence-corrected chi connectivity index (χ4v) is 1.58. The molecule has 5 heteroatoms. The molecule has 2 N–H and O–H groups in total. The van der Waals surface area contributed by atoms with Gasteiger partial charge in [-0.1, -0.05) is 13.8 Å². The second kappa shape index (κ2) is 11.6. The Bertz CT molecular complexity index is 200. The highest BCUT2D eigenvalue weighted by Crippen LogP contribution is 2.01. The first-order valence-electron chi connectivity index (χ1n) is 7.07. The van der Waals surface area contributed by atoms with Gasteiger partial charge in [0.2, 0.25) is 0 Å². The fourth-order valence-electron chi connectivity index (χ4n) is 1.58. The van der Waals surface area contributed by atoms with Gasteiger partial charge in [0, 0.05) is 19.7 Å². The second-order valence-electron chi connectivity index (χ2n) is 5.36. The Labute approximate surface area is 117 Å². The molecule has 0 saturated carbocycles. The van der Waals surface area contributed by atoms with E-state index in [1.54, 1.807) is 7.11 Å². The van der Waals surface area contributed by atoms with Gasteiger partial charge in [-0.3, -0.25) is 0 Å². The predicted molar refractivity (Wildman–Crippen MR) is 76.4 cm³/mol. The number of aliphatic hydroxyl groups is 1. The first kappa shape index (κ1) is 18.8. The smallest absolute Gasteiger partial charge is 0.0897 e. The van der Waals surface area contributed by atoms with E-state index in [9.17, 15) is 5.11 Å². The van der Waals surface area contributed by atoms with E-state index in [4.69, 9.17) is 14.2 Å². The summed E-state index contributed by atoms with van der Waals surface area (Å²) in [5.74, 6) is 0.465. The summed E-state index contributed by atoms with van der Waals surface area (Å²) in [6, 6.07) is 0.254. The van der Waals surface area contributed by atoms with Crippen molar-refractivity contribution < 1.29 is 19.3 Å². The number of rotatable bonds is 12. The molecule has 0 fully saturated rings. The average Bonchev–Trinajstić information content (AvgIpc) is 2.33. The summed E-state index contributed by atoms with van der Waals surface area (Å²) < 4.78 is 15.8. The van der Waals surface area contributed by atoms with Crippen molar-refractivity contribution in [3.63, 3.8) is 0 Å². The Morgan fingerprint density at radius 2 is 1.74 bits per heavy atom. The highest BCUT2D eigenvalue weighted by atomic mass is 16.5. The summed E-state index contributed by atoms with van der Waals surface area (Å²) >= 11 is 0. The molecule has 0 spiro atoms. The van der Waals surface area contributed by atoms with Crippen LogP contribution in [0.2, 0.25) is 0 Å². The minimum absolute atomic E-state index is 0.219. The van der Waals surface area contributed by atoms with Gasteiger partial charge < -0.3 is 24.6 Å². The van der Waals surface area contributed by atoms with Gasteiger partial charge >= 0.3 is 0 Å². The molecule has 0 aliphatic heterocycles. The van der Waals surface area contributed by atoms with Crippen LogP contribution < -0.4 is 5.32 Å². The number of nitrogens with one attached hydrogen (secondary N) is 1. The van der Waals surface area contributed by atoms with Gasteiger partial charge in [-0.15, -0.1) is 0 Å². The third kappa shape index (κ3) is 11.3. The molecule has 116 valence electrons. The van der Waals surface area contributed by atoms with Gasteiger partial charge in [0.15, 0.2) is 0 Å². The zero-order valence-corrected chi connectivity index (χ0v) is 13.0. The average molecular weight is 277 g/mol. The molecule has 0 aromatic heterocycles. The van der Waals surface area contributed by atoms with Crippen LogP contribution in [0, 0.1) is 5.92 Å². The molecule has 0 saturated heterocycles. The van der Waals surface area contributed by atoms with E-state index >= 15 is 0 Å². The van der Waals surface area contributed by atoms with Crippen molar-refractivity contribution in [1.29, 1.82) is 0 Å². The zero-order valence-electron chi connectivity index (χ0n) is 13.0. The van der Waals surface area contributed by atoms with Crippen molar-refractivity contribution in [2.75, 3.05) is 40.1 Å². The third-order valence-electron chi connectivity index (χ3n) is 2.76. The van der Waals surface area contributed by atoms with Crippen LogP contribution in [-0.4, -0.2) is 63.4 Å². The predicted octanol–water partition coefficient (Wildman–Crippen LogP) is 1.05. The van der Waals surface area contributed by atoms with Crippen LogP contribution in [0.3, 0.4) is 0 Å². The molecular formula is C14H31NO4. The summed E-state index contributed by atoms with van der Waals surface area (Å²) in [7, 11) is 1.69. The summed E-state index contributed by atoms with van der Waals surface area (Å²) in [5, 5.41) is 13.1. The number of hydrogen-bond donors (Lipinski definition) is 2. The lowest BCUT2D eigenvalue weighted by atomic mass is 10.1. The van der Waals surface area contributed by atoms with Crippen LogP contribution >= 0.6 is 0 Å². The highest BCUT2D eigenvalue weighted by molar-refractivity contribution is 4.72. The van der Waals surface area contributed by atoms with Crippen LogP contribution in [-0.2, 0) is 14.2 Å². The molecule has 19 heavy (non-hydrogen) atoms. The number of ether oxygens (including phenoxy) is 3. The molecule has 0 aromatic rings. The van der Waals surface area contributed by atoms with Crippen molar-refractivity contribution >= 4 is 0 Å². The molecule has 2 unspecified atom stereocenters. The Kier molecular flexibility index (Phi) is 11.5. The van der Waals surface area contributed by atoms with E-state index in [0.717, 1.165) is 0 Å². The largest absolute Gasteiger partial charge is 0.389 e. The maximum Gasteiger partial charge on any atom is 0.0897 e. The van der Waals surface area contributed by atoms with Crippen molar-refractivity contribution in [3.05, 3.63) is 0 Å². The third-order valence-corrected chi connectivity index (χ3v) is 2.76. The van der Waals surface area contributed by atoms with Gasteiger partial charge in [-0.05, 0) is 19.8 Å². The molecule has 0 aliphatic rings. The van der Waals surface area contributed by atoms with Crippen LogP contribution in [0.5, 0.6) is 0 Å². The van der Waals surface area contributed by atoms with Gasteiger partial charge in [-0.25, -0.2) is 0 Å². The van der Waals surface area contributed by atoms with E-state index in [-0.39, 0.29) is 12.1 Å². The standard InChI is InChI=1S/C14H31NO4/c1-11(2)14(10-17-5)15-8-13(16)9-18-6-7-19-12(3)4/h11-16H,6-10H2,1-5H3. The maximum absolute atomic E-state index is 9.79. The lowest BCUT2D eigenvalue weighted by molar-refractivity contribution is -0.0114. The normalized spacial score (nSPS) is 15.2. The summed E-state index contributed by atoms with van der Waals surface area (Å²) in [5.41, 5.74) is 0. The molecule has 0 amide bonds. The van der Waals surface area contributed by atoms with Crippen LogP contribution in [0.25, 0.3) is 0 Å². The monoisotopic (exact) mass is 277 g/mol. The van der Waals surface area contributed by atoms with Crippen molar-refractivity contribution in [3.8, 4) is 0 Å².